The van der Waals surface area contributed by atoms with E-state index in [1.807, 2.05) is 30.3 Å². The molecule has 0 heterocycles. The van der Waals surface area contributed by atoms with Crippen LogP contribution in [0.4, 0.5) is 4.79 Å². The van der Waals surface area contributed by atoms with E-state index in [0.717, 1.165) is 10.5 Å². The summed E-state index contributed by atoms with van der Waals surface area (Å²) in [7, 11) is 1.40. The van der Waals surface area contributed by atoms with Gasteiger partial charge in [0.2, 0.25) is 0 Å². The topological polar surface area (TPSA) is 76.1 Å². The highest BCUT2D eigenvalue weighted by molar-refractivity contribution is 5.80. The summed E-state index contributed by atoms with van der Waals surface area (Å²) < 4.78 is 10.8. The van der Waals surface area contributed by atoms with Crippen molar-refractivity contribution in [3.63, 3.8) is 0 Å². The Hall–Kier alpha value is -2.08. The van der Waals surface area contributed by atoms with E-state index < -0.39 is 29.8 Å². The lowest BCUT2D eigenvalue weighted by Gasteiger charge is -2.31. The molecule has 6 heteroatoms. The molecule has 6 nitrogen and oxygen atoms in total. The molecular weight excluding hydrogens is 298 g/mol. The van der Waals surface area contributed by atoms with E-state index in [-0.39, 0.29) is 6.61 Å². The summed E-state index contributed by atoms with van der Waals surface area (Å²) in [6.07, 6.45) is -1.38. The van der Waals surface area contributed by atoms with Gasteiger partial charge in [-0.1, -0.05) is 30.3 Å². The van der Waals surface area contributed by atoms with Gasteiger partial charge in [-0.25, -0.2) is 9.59 Å². The van der Waals surface area contributed by atoms with E-state index in [9.17, 15) is 14.7 Å². The maximum Gasteiger partial charge on any atom is 0.410 e. The fourth-order valence-corrected chi connectivity index (χ4v) is 2.02. The number of amides is 1. The second kappa shape index (κ2) is 7.97. The maximum atomic E-state index is 12.1. The molecule has 1 rings (SSSR count). The van der Waals surface area contributed by atoms with Gasteiger partial charge in [-0.05, 0) is 33.3 Å². The fourth-order valence-electron chi connectivity index (χ4n) is 2.02. The van der Waals surface area contributed by atoms with Crippen molar-refractivity contribution in [2.75, 3.05) is 7.05 Å². The molecule has 0 aromatic heterocycles. The van der Waals surface area contributed by atoms with Crippen molar-refractivity contribution in [2.45, 2.75) is 52.0 Å². The van der Waals surface area contributed by atoms with Gasteiger partial charge in [0.25, 0.3) is 0 Å². The smallest absolute Gasteiger partial charge is 0.410 e. The molecular formula is C17H25NO5. The van der Waals surface area contributed by atoms with Gasteiger partial charge in [0.15, 0.2) is 6.04 Å². The van der Waals surface area contributed by atoms with E-state index in [2.05, 4.69) is 0 Å². The molecule has 0 unspecified atom stereocenters. The molecule has 0 aliphatic carbocycles. The number of likely N-dealkylation sites (N-methyl/N-ethyl adjacent to an activating group) is 1. The Morgan fingerprint density at radius 1 is 1.22 bits per heavy atom. The molecule has 1 N–H and O–H groups in total. The molecule has 0 saturated carbocycles. The number of carboxylic acids is 1. The zero-order valence-corrected chi connectivity index (χ0v) is 14.3. The van der Waals surface area contributed by atoms with Crippen molar-refractivity contribution < 1.29 is 24.2 Å². The van der Waals surface area contributed by atoms with Crippen LogP contribution in [0.25, 0.3) is 0 Å². The van der Waals surface area contributed by atoms with Crippen LogP contribution in [0.3, 0.4) is 0 Å². The van der Waals surface area contributed by atoms with E-state index in [0.29, 0.717) is 0 Å². The lowest BCUT2D eigenvalue weighted by Crippen LogP contribution is -2.50. The third kappa shape index (κ3) is 6.28. The quantitative estimate of drug-likeness (QED) is 0.871. The average Bonchev–Trinajstić information content (AvgIpc) is 2.44. The predicted octanol–water partition coefficient (Wildman–Crippen LogP) is 2.91. The zero-order chi connectivity index (χ0) is 17.6. The molecule has 0 radical (unpaired) electrons. The molecule has 128 valence electrons. The summed E-state index contributed by atoms with van der Waals surface area (Å²) in [5.74, 6) is -1.14. The van der Waals surface area contributed by atoms with E-state index in [4.69, 9.17) is 9.47 Å². The first-order valence-corrected chi connectivity index (χ1v) is 7.46. The summed E-state index contributed by atoms with van der Waals surface area (Å²) in [5.41, 5.74) is 0.242. The highest BCUT2D eigenvalue weighted by atomic mass is 16.6. The third-order valence-corrected chi connectivity index (χ3v) is 3.15. The number of carbonyl (C=O) groups excluding carboxylic acids is 1. The second-order valence-corrected chi connectivity index (χ2v) is 6.38. The molecule has 0 fully saturated rings. The minimum Gasteiger partial charge on any atom is -0.480 e. The minimum absolute atomic E-state index is 0.272. The first-order valence-electron chi connectivity index (χ1n) is 7.46. The third-order valence-electron chi connectivity index (χ3n) is 3.15. The normalized spacial score (nSPS) is 14.0. The molecule has 23 heavy (non-hydrogen) atoms. The molecule has 0 saturated heterocycles. The van der Waals surface area contributed by atoms with Crippen LogP contribution in [0.5, 0.6) is 0 Å². The Labute approximate surface area is 137 Å². The van der Waals surface area contributed by atoms with Crippen LogP contribution in [0.15, 0.2) is 30.3 Å². The molecule has 1 amide bonds. The molecule has 0 spiro atoms. The van der Waals surface area contributed by atoms with E-state index in [1.54, 1.807) is 27.7 Å². The van der Waals surface area contributed by atoms with E-state index in [1.165, 1.54) is 7.05 Å². The molecule has 0 bridgehead atoms. The van der Waals surface area contributed by atoms with Crippen LogP contribution in [-0.4, -0.2) is 46.9 Å². The van der Waals surface area contributed by atoms with E-state index >= 15 is 0 Å². The van der Waals surface area contributed by atoms with Crippen LogP contribution in [0, 0.1) is 0 Å². The van der Waals surface area contributed by atoms with Crippen molar-refractivity contribution >= 4 is 12.1 Å². The number of nitrogens with zero attached hydrogens (tertiary/aromatic N) is 1. The lowest BCUT2D eigenvalue weighted by molar-refractivity contribution is -0.148. The van der Waals surface area contributed by atoms with Gasteiger partial charge in [0, 0.05) is 7.05 Å². The van der Waals surface area contributed by atoms with Gasteiger partial charge in [-0.15, -0.1) is 0 Å². The average molecular weight is 323 g/mol. The molecule has 0 aliphatic rings. The molecule has 0 aliphatic heterocycles. The van der Waals surface area contributed by atoms with Gasteiger partial charge in [0.1, 0.15) is 5.60 Å². The Morgan fingerprint density at radius 2 is 1.78 bits per heavy atom. The molecule has 1 aromatic carbocycles. The summed E-state index contributed by atoms with van der Waals surface area (Å²) in [4.78, 5) is 24.7. The molecule has 2 atom stereocenters. The predicted molar refractivity (Wildman–Crippen MR) is 86.1 cm³/mol. The van der Waals surface area contributed by atoms with Gasteiger partial charge < -0.3 is 14.6 Å². The Bertz CT molecular complexity index is 524. The Balaban J connectivity index is 2.72. The summed E-state index contributed by atoms with van der Waals surface area (Å²) in [6.45, 7) is 7.08. The maximum absolute atomic E-state index is 12.1. The summed E-state index contributed by atoms with van der Waals surface area (Å²) in [6, 6.07) is 8.30. The van der Waals surface area contributed by atoms with Gasteiger partial charge in [-0.2, -0.15) is 0 Å². The van der Waals surface area contributed by atoms with Crippen LogP contribution in [0.2, 0.25) is 0 Å². The van der Waals surface area contributed by atoms with Crippen molar-refractivity contribution in [2.24, 2.45) is 0 Å². The standard InChI is InChI=1S/C17H25NO5/c1-12(22-11-13-9-7-6-8-10-13)14(15(19)20)18(5)16(21)23-17(2,3)4/h6-10,12,14H,11H2,1-5H3,(H,19,20)/t12-,14-/m1/s1. The number of aliphatic carboxylic acids is 1. The second-order valence-electron chi connectivity index (χ2n) is 6.38. The van der Waals surface area contributed by atoms with Gasteiger partial charge in [0.05, 0.1) is 12.7 Å². The number of carboxylic acid groups (broad SMARTS) is 1. The minimum atomic E-state index is -1.14. The molecule has 1 aromatic rings. The zero-order valence-electron chi connectivity index (χ0n) is 14.3. The Kier molecular flexibility index (Phi) is 6.57. The monoisotopic (exact) mass is 323 g/mol. The van der Waals surface area contributed by atoms with Crippen molar-refractivity contribution in [1.82, 2.24) is 4.90 Å². The number of ether oxygens (including phenoxy) is 2. The van der Waals surface area contributed by atoms with Crippen molar-refractivity contribution in [3.8, 4) is 0 Å². The highest BCUT2D eigenvalue weighted by Crippen LogP contribution is 2.15. The number of hydrogen-bond donors (Lipinski definition) is 1. The number of benzene rings is 1. The van der Waals surface area contributed by atoms with Crippen molar-refractivity contribution in [3.05, 3.63) is 35.9 Å². The fraction of sp³-hybridized carbons (Fsp3) is 0.529. The van der Waals surface area contributed by atoms with Crippen molar-refractivity contribution in [1.29, 1.82) is 0 Å². The van der Waals surface area contributed by atoms with Gasteiger partial charge >= 0.3 is 12.1 Å². The number of carbonyl (C=O) groups is 2. The number of rotatable bonds is 6. The lowest BCUT2D eigenvalue weighted by atomic mass is 10.1. The van der Waals surface area contributed by atoms with Crippen LogP contribution in [0.1, 0.15) is 33.3 Å². The summed E-state index contributed by atoms with van der Waals surface area (Å²) in [5, 5.41) is 9.43. The Morgan fingerprint density at radius 3 is 2.26 bits per heavy atom. The SMILES string of the molecule is C[C@@H](OCc1ccccc1)[C@H](C(=O)O)N(C)C(=O)OC(C)(C)C. The van der Waals surface area contributed by atoms with Crippen LogP contribution in [-0.2, 0) is 20.9 Å². The first-order chi connectivity index (χ1) is 10.6. The first kappa shape index (κ1) is 19.0. The highest BCUT2D eigenvalue weighted by Gasteiger charge is 2.34. The van der Waals surface area contributed by atoms with Gasteiger partial charge in [-0.3, -0.25) is 4.90 Å². The van der Waals surface area contributed by atoms with Crippen LogP contribution >= 0.6 is 0 Å². The van der Waals surface area contributed by atoms with Crippen LogP contribution < -0.4 is 0 Å². The largest absolute Gasteiger partial charge is 0.480 e. The number of hydrogen-bond acceptors (Lipinski definition) is 4. The summed E-state index contributed by atoms with van der Waals surface area (Å²) >= 11 is 0.